The Morgan fingerprint density at radius 3 is 2.51 bits per heavy atom. The van der Waals surface area contributed by atoms with Crippen molar-refractivity contribution in [3.05, 3.63) is 90.1 Å². The summed E-state index contributed by atoms with van der Waals surface area (Å²) in [5, 5.41) is 19.4. The number of fused-ring (bicyclic) bond motifs is 1. The number of hydrogen-bond acceptors (Lipinski definition) is 9. The minimum Gasteiger partial charge on any atom is -0.495 e. The molecule has 41 heavy (non-hydrogen) atoms. The van der Waals surface area contributed by atoms with Gasteiger partial charge < -0.3 is 24.8 Å². The Labute approximate surface area is 239 Å². The van der Waals surface area contributed by atoms with Crippen molar-refractivity contribution in [2.75, 3.05) is 29.2 Å². The van der Waals surface area contributed by atoms with Gasteiger partial charge in [-0.25, -0.2) is 4.79 Å². The number of thiophene rings is 1. The summed E-state index contributed by atoms with van der Waals surface area (Å²) in [6.07, 6.45) is -0.0736. The van der Waals surface area contributed by atoms with Crippen molar-refractivity contribution in [2.45, 2.75) is 13.0 Å². The number of nitrogens with zero attached hydrogens (tertiary/aromatic N) is 4. The second kappa shape index (κ2) is 12.7. The fourth-order valence-corrected chi connectivity index (χ4v) is 4.79. The van der Waals surface area contributed by atoms with Crippen molar-refractivity contribution in [2.24, 2.45) is 0 Å². The van der Waals surface area contributed by atoms with E-state index in [2.05, 4.69) is 25.6 Å². The second-order valence-corrected chi connectivity index (χ2v) is 9.69. The summed E-state index contributed by atoms with van der Waals surface area (Å²) >= 11 is 1.47. The highest BCUT2D eigenvalue weighted by molar-refractivity contribution is 7.14. The van der Waals surface area contributed by atoms with Crippen molar-refractivity contribution in [3.8, 4) is 17.5 Å². The highest BCUT2D eigenvalue weighted by atomic mass is 32.1. The fraction of sp³-hybridized carbons (Fsp3) is 0.138. The lowest BCUT2D eigenvalue weighted by atomic mass is 10.1. The van der Waals surface area contributed by atoms with Gasteiger partial charge in [-0.3, -0.25) is 10.1 Å². The number of carboxylic acid groups (broad SMARTS) is 1. The summed E-state index contributed by atoms with van der Waals surface area (Å²) in [4.78, 5) is 39.3. The van der Waals surface area contributed by atoms with Gasteiger partial charge in [0.05, 0.1) is 30.8 Å². The molecule has 0 bridgehead atoms. The van der Waals surface area contributed by atoms with Crippen LogP contribution in [0.4, 0.5) is 21.4 Å². The number of urea groups is 1. The van der Waals surface area contributed by atoms with Gasteiger partial charge in [0, 0.05) is 6.54 Å². The highest BCUT2D eigenvalue weighted by Gasteiger charge is 2.17. The maximum atomic E-state index is 12.9. The topological polar surface area (TPSA) is 139 Å². The average molecular weight is 571 g/mol. The summed E-state index contributed by atoms with van der Waals surface area (Å²) in [5.74, 6) is 0.318. The number of anilines is 3. The molecule has 5 rings (SSSR count). The summed E-state index contributed by atoms with van der Waals surface area (Å²) in [6.45, 7) is 0.395. The van der Waals surface area contributed by atoms with Crippen molar-refractivity contribution in [1.29, 1.82) is 0 Å². The molecule has 208 valence electrons. The lowest BCUT2D eigenvalue weighted by Gasteiger charge is -2.21. The van der Waals surface area contributed by atoms with Crippen LogP contribution in [0.3, 0.4) is 0 Å². The van der Waals surface area contributed by atoms with Crippen LogP contribution in [-0.4, -0.2) is 45.7 Å². The number of ether oxygens (including phenoxy) is 2. The van der Waals surface area contributed by atoms with E-state index in [4.69, 9.17) is 9.47 Å². The Bertz CT molecular complexity index is 1660. The van der Waals surface area contributed by atoms with Crippen LogP contribution in [0.1, 0.15) is 12.2 Å². The second-order valence-electron chi connectivity index (χ2n) is 8.76. The molecular weight excluding hydrogens is 544 g/mol. The third kappa shape index (κ3) is 7.25. The molecule has 2 amide bonds. The van der Waals surface area contributed by atoms with Crippen LogP contribution in [0.15, 0.2) is 84.2 Å². The maximum Gasteiger partial charge on any atom is 0.327 e. The smallest absolute Gasteiger partial charge is 0.327 e. The molecule has 12 heteroatoms. The van der Waals surface area contributed by atoms with Crippen LogP contribution < -0.4 is 25.0 Å². The van der Waals surface area contributed by atoms with E-state index in [-0.39, 0.29) is 37.3 Å². The Morgan fingerprint density at radius 2 is 1.73 bits per heavy atom. The molecule has 0 spiro atoms. The first-order valence-electron chi connectivity index (χ1n) is 12.6. The molecule has 0 unspecified atom stereocenters. The predicted octanol–water partition coefficient (Wildman–Crippen LogP) is 6.01. The standard InChI is InChI=1S/C29H26N6O5S/c1-39-23-10-5-4-9-22(23)30-28(38)33-27-31-24(18-35(15-14-26(36)37)25-11-6-16-41-25)32-29(34-27)40-21-13-12-19-7-2-3-8-20(19)17-21/h2-13,16-17H,14-15,18H2,1H3,(H,36,37)(H2,30,31,32,33,34,38). The molecule has 11 nitrogen and oxygen atoms in total. The maximum absolute atomic E-state index is 12.9. The number of para-hydroxylation sites is 2. The van der Waals surface area contributed by atoms with Gasteiger partial charge >= 0.3 is 18.0 Å². The minimum absolute atomic E-state index is 0.0257. The number of carbonyl (C=O) groups excluding carboxylic acids is 1. The largest absolute Gasteiger partial charge is 0.495 e. The zero-order chi connectivity index (χ0) is 28.6. The SMILES string of the molecule is COc1ccccc1NC(=O)Nc1nc(CN(CCC(=O)O)c2cccs2)nc(Oc2ccc3ccccc3c2)n1. The number of aliphatic carboxylic acids is 1. The molecule has 0 saturated carbocycles. The number of methoxy groups -OCH3 is 1. The zero-order valence-corrected chi connectivity index (χ0v) is 22.8. The molecule has 2 aromatic heterocycles. The molecule has 5 aromatic rings. The van der Waals surface area contributed by atoms with E-state index in [1.807, 2.05) is 58.8 Å². The van der Waals surface area contributed by atoms with E-state index in [0.29, 0.717) is 17.2 Å². The molecule has 0 aliphatic rings. The number of hydrogen-bond donors (Lipinski definition) is 3. The monoisotopic (exact) mass is 570 g/mol. The molecule has 0 atom stereocenters. The lowest BCUT2D eigenvalue weighted by Crippen LogP contribution is -2.27. The summed E-state index contributed by atoms with van der Waals surface area (Å²) < 4.78 is 11.3. The predicted molar refractivity (Wildman–Crippen MR) is 157 cm³/mol. The first kappa shape index (κ1) is 27.3. The minimum atomic E-state index is -0.919. The van der Waals surface area contributed by atoms with Crippen molar-refractivity contribution in [3.63, 3.8) is 0 Å². The van der Waals surface area contributed by atoms with Gasteiger partial charge in [-0.15, -0.1) is 11.3 Å². The van der Waals surface area contributed by atoms with Crippen molar-refractivity contribution in [1.82, 2.24) is 15.0 Å². The molecule has 0 radical (unpaired) electrons. The van der Waals surface area contributed by atoms with Gasteiger partial charge in [-0.2, -0.15) is 15.0 Å². The number of rotatable bonds is 11. The van der Waals surface area contributed by atoms with Crippen LogP contribution >= 0.6 is 11.3 Å². The van der Waals surface area contributed by atoms with Gasteiger partial charge in [-0.1, -0.05) is 42.5 Å². The summed E-state index contributed by atoms with van der Waals surface area (Å²) in [5.41, 5.74) is 0.465. The fourth-order valence-electron chi connectivity index (χ4n) is 4.03. The molecule has 2 heterocycles. The summed E-state index contributed by atoms with van der Waals surface area (Å²) in [7, 11) is 1.51. The first-order chi connectivity index (χ1) is 20.0. The number of benzene rings is 3. The van der Waals surface area contributed by atoms with Gasteiger partial charge in [0.25, 0.3) is 0 Å². The van der Waals surface area contributed by atoms with Gasteiger partial charge in [0.1, 0.15) is 11.5 Å². The van der Waals surface area contributed by atoms with Crippen LogP contribution in [0.5, 0.6) is 17.5 Å². The number of carboxylic acids is 1. The van der Waals surface area contributed by atoms with E-state index < -0.39 is 12.0 Å². The first-order valence-corrected chi connectivity index (χ1v) is 13.5. The number of aromatic nitrogens is 3. The van der Waals surface area contributed by atoms with Crippen LogP contribution in [0.25, 0.3) is 10.8 Å². The Hall–Kier alpha value is -5.23. The third-order valence-electron chi connectivity index (χ3n) is 5.92. The van der Waals surface area contributed by atoms with Crippen molar-refractivity contribution >= 4 is 50.7 Å². The Balaban J connectivity index is 1.43. The zero-order valence-electron chi connectivity index (χ0n) is 22.0. The van der Waals surface area contributed by atoms with Crippen LogP contribution in [-0.2, 0) is 11.3 Å². The molecule has 3 aromatic carbocycles. The molecular formula is C29H26N6O5S. The molecule has 0 saturated heterocycles. The molecule has 0 aliphatic carbocycles. The summed E-state index contributed by atoms with van der Waals surface area (Å²) in [6, 6.07) is 23.6. The number of nitrogens with one attached hydrogen (secondary N) is 2. The van der Waals surface area contributed by atoms with E-state index in [1.54, 1.807) is 30.3 Å². The van der Waals surface area contributed by atoms with Gasteiger partial charge in [0.15, 0.2) is 5.82 Å². The van der Waals surface area contributed by atoms with E-state index in [9.17, 15) is 14.7 Å². The van der Waals surface area contributed by atoms with Crippen molar-refractivity contribution < 1.29 is 24.2 Å². The third-order valence-corrected chi connectivity index (χ3v) is 6.85. The molecule has 3 N–H and O–H groups in total. The normalized spacial score (nSPS) is 10.7. The molecule has 0 fully saturated rings. The quantitative estimate of drug-likeness (QED) is 0.174. The molecule has 0 aliphatic heterocycles. The van der Waals surface area contributed by atoms with E-state index >= 15 is 0 Å². The number of amides is 2. The average Bonchev–Trinajstić information content (AvgIpc) is 3.50. The van der Waals surface area contributed by atoms with E-state index in [0.717, 1.165) is 15.8 Å². The van der Waals surface area contributed by atoms with E-state index in [1.165, 1.54) is 18.4 Å². The van der Waals surface area contributed by atoms with Crippen LogP contribution in [0.2, 0.25) is 0 Å². The Morgan fingerprint density at radius 1 is 0.927 bits per heavy atom. The van der Waals surface area contributed by atoms with Gasteiger partial charge in [-0.05, 0) is 52.6 Å². The Kier molecular flexibility index (Phi) is 8.50. The number of carbonyl (C=O) groups is 2. The highest BCUT2D eigenvalue weighted by Crippen LogP contribution is 2.27. The van der Waals surface area contributed by atoms with Gasteiger partial charge in [0.2, 0.25) is 5.95 Å². The van der Waals surface area contributed by atoms with Crippen LogP contribution in [0, 0.1) is 0 Å². The lowest BCUT2D eigenvalue weighted by molar-refractivity contribution is -0.136.